The van der Waals surface area contributed by atoms with Crippen LogP contribution in [-0.2, 0) is 4.79 Å². The van der Waals surface area contributed by atoms with E-state index in [1.54, 1.807) is 0 Å². The molecular weight excluding hydrogens is 188 g/mol. The third-order valence-corrected chi connectivity index (χ3v) is 4.09. The molecule has 0 aromatic carbocycles. The van der Waals surface area contributed by atoms with Crippen LogP contribution in [0.25, 0.3) is 0 Å². The van der Waals surface area contributed by atoms with E-state index >= 15 is 0 Å². The summed E-state index contributed by atoms with van der Waals surface area (Å²) >= 11 is 0. The van der Waals surface area contributed by atoms with Crippen LogP contribution in [0.5, 0.6) is 0 Å². The monoisotopic (exact) mass is 212 g/mol. The number of carbonyl (C=O) groups is 1. The lowest BCUT2D eigenvalue weighted by Gasteiger charge is -2.34. The molecule has 0 aromatic heterocycles. The maximum atomic E-state index is 11.5. The summed E-state index contributed by atoms with van der Waals surface area (Å²) in [6.07, 6.45) is 8.55. The van der Waals surface area contributed by atoms with Crippen LogP contribution in [0, 0.1) is 11.3 Å². The second-order valence-electron chi connectivity index (χ2n) is 5.07. The summed E-state index contributed by atoms with van der Waals surface area (Å²) in [7, 11) is 0. The van der Waals surface area contributed by atoms with Gasteiger partial charge >= 0.3 is 5.97 Å². The molecule has 0 spiro atoms. The summed E-state index contributed by atoms with van der Waals surface area (Å²) in [5, 5.41) is 9.51. The van der Waals surface area contributed by atoms with Crippen LogP contribution in [0.1, 0.15) is 65.2 Å². The molecule has 1 aliphatic rings. The zero-order chi connectivity index (χ0) is 11.3. The maximum absolute atomic E-state index is 11.5. The highest BCUT2D eigenvalue weighted by atomic mass is 16.4. The van der Waals surface area contributed by atoms with Crippen molar-refractivity contribution in [3.05, 3.63) is 0 Å². The van der Waals surface area contributed by atoms with Gasteiger partial charge in [0.05, 0.1) is 5.41 Å². The van der Waals surface area contributed by atoms with Gasteiger partial charge in [-0.3, -0.25) is 4.79 Å². The Hall–Kier alpha value is -0.530. The maximum Gasteiger partial charge on any atom is 0.309 e. The molecule has 1 unspecified atom stereocenters. The summed E-state index contributed by atoms with van der Waals surface area (Å²) in [6.45, 7) is 4.27. The average Bonchev–Trinajstić information content (AvgIpc) is 2.43. The molecule has 0 heterocycles. The first-order valence-electron chi connectivity index (χ1n) is 6.37. The highest BCUT2D eigenvalue weighted by molar-refractivity contribution is 5.75. The first-order valence-corrected chi connectivity index (χ1v) is 6.37. The molecule has 0 aromatic rings. The Labute approximate surface area is 93.1 Å². The fourth-order valence-electron chi connectivity index (χ4n) is 2.99. The van der Waals surface area contributed by atoms with Crippen LogP contribution in [0.15, 0.2) is 0 Å². The molecule has 0 radical (unpaired) electrons. The lowest BCUT2D eigenvalue weighted by atomic mass is 9.69. The SMILES string of the molecule is CCCC(C)C1(C(=O)O)CCCCCC1. The van der Waals surface area contributed by atoms with Gasteiger partial charge in [0.1, 0.15) is 0 Å². The first-order chi connectivity index (χ1) is 7.13. The predicted octanol–water partition coefficient (Wildman–Crippen LogP) is 3.85. The minimum absolute atomic E-state index is 0.332. The van der Waals surface area contributed by atoms with Gasteiger partial charge in [-0.2, -0.15) is 0 Å². The molecule has 1 saturated carbocycles. The molecule has 15 heavy (non-hydrogen) atoms. The van der Waals surface area contributed by atoms with Gasteiger partial charge in [-0.1, -0.05) is 46.0 Å². The van der Waals surface area contributed by atoms with E-state index in [2.05, 4.69) is 13.8 Å². The Bertz CT molecular complexity index is 203. The molecule has 88 valence electrons. The van der Waals surface area contributed by atoms with E-state index in [0.29, 0.717) is 5.92 Å². The standard InChI is InChI=1S/C13H24O2/c1-3-8-11(2)13(12(14)15)9-6-4-5-7-10-13/h11H,3-10H2,1-2H3,(H,14,15). The third kappa shape index (κ3) is 2.73. The minimum Gasteiger partial charge on any atom is -0.481 e. The van der Waals surface area contributed by atoms with Crippen molar-refractivity contribution in [3.63, 3.8) is 0 Å². The van der Waals surface area contributed by atoms with Gasteiger partial charge in [0.25, 0.3) is 0 Å². The predicted molar refractivity (Wildman–Crippen MR) is 61.8 cm³/mol. The van der Waals surface area contributed by atoms with E-state index < -0.39 is 11.4 Å². The normalized spacial score (nSPS) is 23.1. The average molecular weight is 212 g/mol. The number of hydrogen-bond acceptors (Lipinski definition) is 1. The Morgan fingerprint density at radius 2 is 1.80 bits per heavy atom. The number of rotatable bonds is 4. The summed E-state index contributed by atoms with van der Waals surface area (Å²) in [5.74, 6) is -0.219. The van der Waals surface area contributed by atoms with Gasteiger partial charge in [0, 0.05) is 0 Å². The topological polar surface area (TPSA) is 37.3 Å². The van der Waals surface area contributed by atoms with Crippen molar-refractivity contribution in [2.45, 2.75) is 65.2 Å². The van der Waals surface area contributed by atoms with Crippen molar-refractivity contribution in [2.75, 3.05) is 0 Å². The summed E-state index contributed by atoms with van der Waals surface area (Å²) in [5.41, 5.74) is -0.410. The van der Waals surface area contributed by atoms with E-state index in [1.165, 1.54) is 12.8 Å². The molecule has 0 amide bonds. The number of carboxylic acids is 1. The summed E-state index contributed by atoms with van der Waals surface area (Å²) in [6, 6.07) is 0. The summed E-state index contributed by atoms with van der Waals surface area (Å²) in [4.78, 5) is 11.5. The Morgan fingerprint density at radius 3 is 2.20 bits per heavy atom. The molecule has 2 heteroatoms. The molecule has 2 nitrogen and oxygen atoms in total. The van der Waals surface area contributed by atoms with Crippen LogP contribution in [0.4, 0.5) is 0 Å². The number of carboxylic acid groups (broad SMARTS) is 1. The van der Waals surface area contributed by atoms with Gasteiger partial charge in [-0.15, -0.1) is 0 Å². The van der Waals surface area contributed by atoms with Gasteiger partial charge < -0.3 is 5.11 Å². The Kier molecular flexibility index (Phi) is 4.62. The van der Waals surface area contributed by atoms with Gasteiger partial charge in [-0.05, 0) is 25.2 Å². The van der Waals surface area contributed by atoms with Crippen molar-refractivity contribution in [1.29, 1.82) is 0 Å². The van der Waals surface area contributed by atoms with Crippen molar-refractivity contribution in [1.82, 2.24) is 0 Å². The largest absolute Gasteiger partial charge is 0.481 e. The van der Waals surface area contributed by atoms with Crippen LogP contribution in [0.3, 0.4) is 0 Å². The number of hydrogen-bond donors (Lipinski definition) is 1. The smallest absolute Gasteiger partial charge is 0.309 e. The van der Waals surface area contributed by atoms with Crippen LogP contribution in [-0.4, -0.2) is 11.1 Å². The molecule has 1 N–H and O–H groups in total. The minimum atomic E-state index is -0.551. The zero-order valence-corrected chi connectivity index (χ0v) is 10.1. The molecule has 1 fully saturated rings. The lowest BCUT2D eigenvalue weighted by Crippen LogP contribution is -2.37. The van der Waals surface area contributed by atoms with Crippen LogP contribution < -0.4 is 0 Å². The summed E-state index contributed by atoms with van der Waals surface area (Å²) < 4.78 is 0. The van der Waals surface area contributed by atoms with Crippen LogP contribution >= 0.6 is 0 Å². The highest BCUT2D eigenvalue weighted by Crippen LogP contribution is 2.43. The fraction of sp³-hybridized carbons (Fsp3) is 0.923. The lowest BCUT2D eigenvalue weighted by molar-refractivity contribution is -0.153. The molecular formula is C13H24O2. The molecule has 0 aliphatic heterocycles. The van der Waals surface area contributed by atoms with Crippen molar-refractivity contribution in [2.24, 2.45) is 11.3 Å². The van der Waals surface area contributed by atoms with Crippen molar-refractivity contribution >= 4 is 5.97 Å². The molecule has 0 saturated heterocycles. The third-order valence-electron chi connectivity index (χ3n) is 4.09. The van der Waals surface area contributed by atoms with Crippen molar-refractivity contribution < 1.29 is 9.90 Å². The highest BCUT2D eigenvalue weighted by Gasteiger charge is 2.42. The van der Waals surface area contributed by atoms with Crippen molar-refractivity contribution in [3.8, 4) is 0 Å². The fourth-order valence-corrected chi connectivity index (χ4v) is 2.99. The van der Waals surface area contributed by atoms with Crippen LogP contribution in [0.2, 0.25) is 0 Å². The van der Waals surface area contributed by atoms with Gasteiger partial charge in [0.15, 0.2) is 0 Å². The zero-order valence-electron chi connectivity index (χ0n) is 10.1. The molecule has 1 rings (SSSR count). The first kappa shape index (κ1) is 12.5. The molecule has 0 bridgehead atoms. The number of aliphatic carboxylic acids is 1. The van der Waals surface area contributed by atoms with Gasteiger partial charge in [-0.25, -0.2) is 0 Å². The van der Waals surface area contributed by atoms with E-state index in [1.807, 2.05) is 0 Å². The second kappa shape index (κ2) is 5.53. The second-order valence-corrected chi connectivity index (χ2v) is 5.07. The van der Waals surface area contributed by atoms with E-state index in [4.69, 9.17) is 0 Å². The van der Waals surface area contributed by atoms with E-state index in [9.17, 15) is 9.90 Å². The van der Waals surface area contributed by atoms with E-state index in [0.717, 1.165) is 38.5 Å². The quantitative estimate of drug-likeness (QED) is 0.719. The van der Waals surface area contributed by atoms with Gasteiger partial charge in [0.2, 0.25) is 0 Å². The molecule has 1 aliphatic carbocycles. The molecule has 1 atom stereocenters. The Morgan fingerprint density at radius 1 is 1.27 bits per heavy atom. The Balaban J connectivity index is 2.79. The van der Waals surface area contributed by atoms with E-state index in [-0.39, 0.29) is 0 Å².